The third-order valence-electron chi connectivity index (χ3n) is 5.16. The van der Waals surface area contributed by atoms with Gasteiger partial charge in [0.1, 0.15) is 11.3 Å². The Balaban J connectivity index is 1.96. The molecule has 0 amide bonds. The molecule has 0 saturated heterocycles. The number of nitrogen functional groups attached to an aromatic ring is 1. The van der Waals surface area contributed by atoms with Crippen molar-refractivity contribution in [3.63, 3.8) is 0 Å². The molecule has 0 bridgehead atoms. The number of hydrogen-bond acceptors (Lipinski definition) is 2. The number of halogens is 2. The largest absolute Gasteiger partial charge is 0.399 e. The Morgan fingerprint density at radius 3 is 2.56 bits per heavy atom. The summed E-state index contributed by atoms with van der Waals surface area (Å²) in [7, 11) is 1.54. The first-order chi connectivity index (χ1) is 11.8. The Morgan fingerprint density at radius 1 is 1.16 bits per heavy atom. The number of hydrogen-bond donors (Lipinski definition) is 1. The zero-order valence-corrected chi connectivity index (χ0v) is 14.1. The molecule has 1 aromatic heterocycles. The third-order valence-corrected chi connectivity index (χ3v) is 5.16. The Bertz CT molecular complexity index is 1060. The summed E-state index contributed by atoms with van der Waals surface area (Å²) >= 11 is 0. The van der Waals surface area contributed by atoms with E-state index in [1.165, 1.54) is 28.8 Å². The Hall–Kier alpha value is -2.63. The van der Waals surface area contributed by atoms with Crippen LogP contribution in [-0.2, 0) is 13.6 Å². The van der Waals surface area contributed by atoms with Gasteiger partial charge in [0.15, 0.2) is 5.82 Å². The maximum Gasteiger partial charge on any atom is 0.328 e. The zero-order chi connectivity index (χ0) is 17.9. The van der Waals surface area contributed by atoms with Crippen LogP contribution < -0.4 is 11.4 Å². The lowest BCUT2D eigenvalue weighted by Gasteiger charge is -2.10. The van der Waals surface area contributed by atoms with Gasteiger partial charge in [0, 0.05) is 30.4 Å². The molecule has 0 spiro atoms. The molecule has 2 aromatic carbocycles. The Morgan fingerprint density at radius 2 is 1.88 bits per heavy atom. The summed E-state index contributed by atoms with van der Waals surface area (Å²) < 4.78 is 32.3. The summed E-state index contributed by atoms with van der Waals surface area (Å²) in [6.45, 7) is 2.68. The van der Waals surface area contributed by atoms with E-state index in [-0.39, 0.29) is 27.7 Å². The van der Waals surface area contributed by atoms with Gasteiger partial charge in [0.2, 0.25) is 0 Å². The average Bonchev–Trinajstić information content (AvgIpc) is 3.25. The van der Waals surface area contributed by atoms with Crippen molar-refractivity contribution in [1.82, 2.24) is 9.13 Å². The highest BCUT2D eigenvalue weighted by Gasteiger charge is 2.38. The Kier molecular flexibility index (Phi) is 3.29. The number of nitrogens with two attached hydrogens (primary N) is 1. The molecule has 1 saturated carbocycles. The van der Waals surface area contributed by atoms with Crippen molar-refractivity contribution in [2.24, 2.45) is 12.5 Å². The molecule has 2 N–H and O–H groups in total. The van der Waals surface area contributed by atoms with E-state index in [4.69, 9.17) is 5.73 Å². The topological polar surface area (TPSA) is 53.0 Å². The van der Waals surface area contributed by atoms with E-state index >= 15 is 4.39 Å². The van der Waals surface area contributed by atoms with E-state index in [0.29, 0.717) is 17.7 Å². The van der Waals surface area contributed by atoms with Gasteiger partial charge >= 0.3 is 5.69 Å². The molecule has 4 rings (SSSR count). The van der Waals surface area contributed by atoms with Crippen LogP contribution in [-0.4, -0.2) is 9.13 Å². The first-order valence-electron chi connectivity index (χ1n) is 8.24. The van der Waals surface area contributed by atoms with Crippen LogP contribution in [0.4, 0.5) is 14.5 Å². The fourth-order valence-corrected chi connectivity index (χ4v) is 3.33. The molecule has 25 heavy (non-hydrogen) atoms. The first kappa shape index (κ1) is 15.9. The van der Waals surface area contributed by atoms with Crippen molar-refractivity contribution >= 4 is 16.7 Å². The predicted molar refractivity (Wildman–Crippen MR) is 94.3 cm³/mol. The van der Waals surface area contributed by atoms with Crippen molar-refractivity contribution in [2.75, 3.05) is 5.73 Å². The molecular formula is C19H19F2N3O. The molecule has 3 aromatic rings. The van der Waals surface area contributed by atoms with Crippen molar-refractivity contribution in [1.29, 1.82) is 0 Å². The standard InChI is InChI=1S/C19H19F2N3O/c1-19(7-8-19)10-24-15-6-4-12(13-9-11(22)3-5-14(13)20)16(21)17(15)23(2)18(24)25/h3-6,9H,7-8,10,22H2,1-2H3. The second-order valence-electron chi connectivity index (χ2n) is 7.27. The van der Waals surface area contributed by atoms with E-state index in [0.717, 1.165) is 12.8 Å². The van der Waals surface area contributed by atoms with Crippen LogP contribution in [0.3, 0.4) is 0 Å². The van der Waals surface area contributed by atoms with Crippen LogP contribution in [0.2, 0.25) is 0 Å². The smallest absolute Gasteiger partial charge is 0.328 e. The van der Waals surface area contributed by atoms with Crippen LogP contribution >= 0.6 is 0 Å². The second-order valence-corrected chi connectivity index (χ2v) is 7.27. The van der Waals surface area contributed by atoms with Crippen LogP contribution in [0.25, 0.3) is 22.2 Å². The van der Waals surface area contributed by atoms with Gasteiger partial charge in [0.25, 0.3) is 0 Å². The number of fused-ring (bicyclic) bond motifs is 1. The van der Waals surface area contributed by atoms with E-state index in [1.54, 1.807) is 17.7 Å². The quantitative estimate of drug-likeness (QED) is 0.738. The van der Waals surface area contributed by atoms with Gasteiger partial charge in [-0.25, -0.2) is 13.6 Å². The molecule has 0 radical (unpaired) electrons. The number of nitrogens with zero attached hydrogens (tertiary/aromatic N) is 2. The first-order valence-corrected chi connectivity index (χ1v) is 8.24. The number of rotatable bonds is 3. The van der Waals surface area contributed by atoms with Gasteiger partial charge in [-0.1, -0.05) is 6.92 Å². The van der Waals surface area contributed by atoms with Crippen LogP contribution in [0.5, 0.6) is 0 Å². The lowest BCUT2D eigenvalue weighted by atomic mass is 10.0. The van der Waals surface area contributed by atoms with E-state index in [2.05, 4.69) is 6.92 Å². The molecule has 6 heteroatoms. The summed E-state index contributed by atoms with van der Waals surface area (Å²) in [5.41, 5.74) is 6.82. The van der Waals surface area contributed by atoms with Gasteiger partial charge in [-0.05, 0) is 48.6 Å². The highest BCUT2D eigenvalue weighted by Crippen LogP contribution is 2.46. The summed E-state index contributed by atoms with van der Waals surface area (Å²) in [5.74, 6) is -1.16. The van der Waals surface area contributed by atoms with Crippen molar-refractivity contribution < 1.29 is 8.78 Å². The minimum absolute atomic E-state index is 0.0914. The lowest BCUT2D eigenvalue weighted by Crippen LogP contribution is -2.25. The highest BCUT2D eigenvalue weighted by molar-refractivity contribution is 5.84. The number of imidazole rings is 1. The van der Waals surface area contributed by atoms with Crippen molar-refractivity contribution in [2.45, 2.75) is 26.3 Å². The summed E-state index contributed by atoms with van der Waals surface area (Å²) in [6.07, 6.45) is 2.12. The SMILES string of the molecule is Cn1c(=O)n(CC2(C)CC2)c2ccc(-c3cc(N)ccc3F)c(F)c21. The maximum absolute atomic E-state index is 15.2. The molecule has 1 fully saturated rings. The molecule has 0 unspecified atom stereocenters. The molecule has 1 heterocycles. The average molecular weight is 343 g/mol. The number of anilines is 1. The van der Waals surface area contributed by atoms with Crippen molar-refractivity contribution in [3.05, 3.63) is 52.5 Å². The minimum Gasteiger partial charge on any atom is -0.399 e. The fraction of sp³-hybridized carbons (Fsp3) is 0.316. The van der Waals surface area contributed by atoms with E-state index in [9.17, 15) is 9.18 Å². The number of aromatic nitrogens is 2. The lowest BCUT2D eigenvalue weighted by molar-refractivity contribution is 0.460. The summed E-state index contributed by atoms with van der Waals surface area (Å²) in [4.78, 5) is 12.6. The van der Waals surface area contributed by atoms with Crippen LogP contribution in [0.15, 0.2) is 35.1 Å². The fourth-order valence-electron chi connectivity index (χ4n) is 3.33. The number of aryl methyl sites for hydroxylation is 1. The van der Waals surface area contributed by atoms with E-state index in [1.807, 2.05) is 0 Å². The van der Waals surface area contributed by atoms with Gasteiger partial charge in [0.05, 0.1) is 5.52 Å². The van der Waals surface area contributed by atoms with Crippen LogP contribution in [0, 0.1) is 17.0 Å². The molecule has 1 aliphatic rings. The molecule has 0 atom stereocenters. The van der Waals surface area contributed by atoms with E-state index < -0.39 is 11.6 Å². The molecule has 1 aliphatic carbocycles. The monoisotopic (exact) mass is 343 g/mol. The maximum atomic E-state index is 15.2. The normalized spacial score (nSPS) is 15.7. The molecular weight excluding hydrogens is 324 g/mol. The van der Waals surface area contributed by atoms with Gasteiger partial charge in [-0.15, -0.1) is 0 Å². The summed E-state index contributed by atoms with van der Waals surface area (Å²) in [5, 5.41) is 0. The summed E-state index contributed by atoms with van der Waals surface area (Å²) in [6, 6.07) is 7.24. The zero-order valence-electron chi connectivity index (χ0n) is 14.1. The minimum atomic E-state index is -0.610. The second kappa shape index (κ2) is 5.18. The third kappa shape index (κ3) is 2.44. The predicted octanol–water partition coefficient (Wildman–Crippen LogP) is 3.67. The van der Waals surface area contributed by atoms with Crippen LogP contribution in [0.1, 0.15) is 19.8 Å². The molecule has 4 nitrogen and oxygen atoms in total. The van der Waals surface area contributed by atoms with Gasteiger partial charge in [-0.2, -0.15) is 0 Å². The number of benzene rings is 2. The Labute approximate surface area is 143 Å². The highest BCUT2D eigenvalue weighted by atomic mass is 19.1. The van der Waals surface area contributed by atoms with Gasteiger partial charge < -0.3 is 5.73 Å². The van der Waals surface area contributed by atoms with Crippen molar-refractivity contribution in [3.8, 4) is 11.1 Å². The molecule has 0 aliphatic heterocycles. The molecule has 130 valence electrons. The van der Waals surface area contributed by atoms with Gasteiger partial charge in [-0.3, -0.25) is 9.13 Å².